The lowest BCUT2D eigenvalue weighted by atomic mass is 10.0. The van der Waals surface area contributed by atoms with Crippen molar-refractivity contribution in [2.24, 2.45) is 11.7 Å². The first kappa shape index (κ1) is 17.3. The monoisotopic (exact) mass is 298 g/mol. The van der Waals surface area contributed by atoms with Crippen LogP contribution in [-0.4, -0.2) is 30.1 Å². The maximum absolute atomic E-state index is 5.99. The van der Waals surface area contributed by atoms with E-state index in [0.717, 1.165) is 25.4 Å². The third-order valence-electron chi connectivity index (χ3n) is 3.73. The lowest BCUT2D eigenvalue weighted by Gasteiger charge is -2.18. The number of nitrogens with zero attached hydrogens (tertiary/aromatic N) is 1. The predicted octanol–water partition coefficient (Wildman–Crippen LogP) is 3.06. The van der Waals surface area contributed by atoms with Gasteiger partial charge in [-0.1, -0.05) is 12.1 Å². The Morgan fingerprint density at radius 1 is 1.35 bits per heavy atom. The first-order chi connectivity index (χ1) is 9.04. The van der Waals surface area contributed by atoms with Crippen LogP contribution in [0.2, 0.25) is 0 Å². The van der Waals surface area contributed by atoms with E-state index in [9.17, 15) is 0 Å². The zero-order valence-electron chi connectivity index (χ0n) is 12.7. The fourth-order valence-electron chi connectivity index (χ4n) is 2.68. The Balaban J connectivity index is 0.00000200. The summed E-state index contributed by atoms with van der Waals surface area (Å²) in [4.78, 5) is 2.49. The molecule has 0 amide bonds. The molecule has 1 aliphatic rings. The van der Waals surface area contributed by atoms with Crippen LogP contribution < -0.4 is 10.5 Å². The van der Waals surface area contributed by atoms with Gasteiger partial charge in [-0.3, -0.25) is 4.90 Å². The van der Waals surface area contributed by atoms with Crippen LogP contribution in [0.25, 0.3) is 0 Å². The van der Waals surface area contributed by atoms with Crippen molar-refractivity contribution in [3.8, 4) is 5.75 Å². The molecule has 2 atom stereocenters. The Morgan fingerprint density at radius 2 is 2.10 bits per heavy atom. The van der Waals surface area contributed by atoms with Gasteiger partial charge in [-0.25, -0.2) is 0 Å². The topological polar surface area (TPSA) is 38.5 Å². The standard InChI is InChI=1S/C16H26N2O.ClH/c1-12(2)19-16-6-4-5-14(9-16)10-18-8-7-15(11-18)13(3)17;/h4-6,9,12-13,15H,7-8,10-11,17H2,1-3H3;1H. The molecular formula is C16H27ClN2O. The summed E-state index contributed by atoms with van der Waals surface area (Å²) in [6.45, 7) is 9.50. The maximum Gasteiger partial charge on any atom is 0.120 e. The predicted molar refractivity (Wildman–Crippen MR) is 86.5 cm³/mol. The van der Waals surface area contributed by atoms with Crippen LogP contribution in [0.3, 0.4) is 0 Å². The third-order valence-corrected chi connectivity index (χ3v) is 3.73. The number of likely N-dealkylation sites (tertiary alicyclic amines) is 1. The van der Waals surface area contributed by atoms with E-state index >= 15 is 0 Å². The first-order valence-corrected chi connectivity index (χ1v) is 7.28. The molecule has 1 aliphatic heterocycles. The lowest BCUT2D eigenvalue weighted by molar-refractivity contribution is 0.241. The van der Waals surface area contributed by atoms with Crippen molar-refractivity contribution in [1.29, 1.82) is 0 Å². The minimum Gasteiger partial charge on any atom is -0.491 e. The molecule has 0 aromatic heterocycles. The number of hydrogen-bond acceptors (Lipinski definition) is 3. The molecule has 0 radical (unpaired) electrons. The van der Waals surface area contributed by atoms with Crippen LogP contribution >= 0.6 is 12.4 Å². The molecule has 2 unspecified atom stereocenters. The van der Waals surface area contributed by atoms with Crippen molar-refractivity contribution >= 4 is 12.4 Å². The number of benzene rings is 1. The summed E-state index contributed by atoms with van der Waals surface area (Å²) in [5.74, 6) is 1.62. The highest BCUT2D eigenvalue weighted by atomic mass is 35.5. The van der Waals surface area contributed by atoms with E-state index in [2.05, 4.69) is 43.9 Å². The largest absolute Gasteiger partial charge is 0.491 e. The van der Waals surface area contributed by atoms with Crippen LogP contribution in [0.5, 0.6) is 5.75 Å². The fourth-order valence-corrected chi connectivity index (χ4v) is 2.68. The van der Waals surface area contributed by atoms with Gasteiger partial charge in [0.1, 0.15) is 5.75 Å². The second kappa shape index (κ2) is 7.87. The number of ether oxygens (including phenoxy) is 1. The van der Waals surface area contributed by atoms with Gasteiger partial charge in [0.25, 0.3) is 0 Å². The average Bonchev–Trinajstić information content (AvgIpc) is 2.77. The second-order valence-electron chi connectivity index (χ2n) is 5.96. The Hall–Kier alpha value is -0.770. The third kappa shape index (κ3) is 4.97. The van der Waals surface area contributed by atoms with Crippen LogP contribution in [0.15, 0.2) is 24.3 Å². The summed E-state index contributed by atoms with van der Waals surface area (Å²) in [5.41, 5.74) is 7.31. The Labute approximate surface area is 128 Å². The highest BCUT2D eigenvalue weighted by molar-refractivity contribution is 5.85. The van der Waals surface area contributed by atoms with Gasteiger partial charge in [0, 0.05) is 19.1 Å². The van der Waals surface area contributed by atoms with Gasteiger partial charge in [-0.05, 0) is 57.4 Å². The molecule has 20 heavy (non-hydrogen) atoms. The van der Waals surface area contributed by atoms with Crippen LogP contribution in [0.1, 0.15) is 32.8 Å². The van der Waals surface area contributed by atoms with Crippen molar-refractivity contribution in [2.75, 3.05) is 13.1 Å². The van der Waals surface area contributed by atoms with E-state index in [-0.39, 0.29) is 18.5 Å². The summed E-state index contributed by atoms with van der Waals surface area (Å²) in [7, 11) is 0. The Bertz CT molecular complexity index is 409. The van der Waals surface area contributed by atoms with Crippen LogP contribution in [-0.2, 0) is 6.54 Å². The summed E-state index contributed by atoms with van der Waals surface area (Å²) < 4.78 is 5.74. The van der Waals surface area contributed by atoms with E-state index in [1.54, 1.807) is 0 Å². The van der Waals surface area contributed by atoms with Gasteiger partial charge >= 0.3 is 0 Å². The molecule has 1 fully saturated rings. The SMILES string of the molecule is CC(C)Oc1cccc(CN2CCC(C(C)N)C2)c1.Cl. The molecule has 3 nitrogen and oxygen atoms in total. The normalized spacial score (nSPS) is 20.8. The van der Waals surface area contributed by atoms with E-state index in [1.807, 2.05) is 6.07 Å². The van der Waals surface area contributed by atoms with Crippen LogP contribution in [0.4, 0.5) is 0 Å². The number of rotatable bonds is 5. The fraction of sp³-hybridized carbons (Fsp3) is 0.625. The molecule has 0 saturated carbocycles. The second-order valence-corrected chi connectivity index (χ2v) is 5.96. The van der Waals surface area contributed by atoms with E-state index in [0.29, 0.717) is 12.0 Å². The zero-order valence-corrected chi connectivity index (χ0v) is 13.5. The van der Waals surface area contributed by atoms with Crippen molar-refractivity contribution in [3.63, 3.8) is 0 Å². The molecule has 1 heterocycles. The van der Waals surface area contributed by atoms with Gasteiger partial charge in [0.15, 0.2) is 0 Å². The zero-order chi connectivity index (χ0) is 13.8. The highest BCUT2D eigenvalue weighted by Crippen LogP contribution is 2.22. The summed E-state index contributed by atoms with van der Waals surface area (Å²) in [5, 5.41) is 0. The highest BCUT2D eigenvalue weighted by Gasteiger charge is 2.24. The summed E-state index contributed by atoms with van der Waals surface area (Å²) >= 11 is 0. The minimum absolute atomic E-state index is 0. The molecule has 4 heteroatoms. The molecular weight excluding hydrogens is 272 g/mol. The molecule has 0 bridgehead atoms. The molecule has 114 valence electrons. The van der Waals surface area contributed by atoms with Gasteiger partial charge < -0.3 is 10.5 Å². The van der Waals surface area contributed by atoms with E-state index < -0.39 is 0 Å². The molecule has 1 aromatic rings. The Morgan fingerprint density at radius 3 is 2.70 bits per heavy atom. The van der Waals surface area contributed by atoms with Gasteiger partial charge in [-0.15, -0.1) is 12.4 Å². The lowest BCUT2D eigenvalue weighted by Crippen LogP contribution is -2.29. The number of nitrogens with two attached hydrogens (primary N) is 1. The van der Waals surface area contributed by atoms with Crippen molar-refractivity contribution in [2.45, 2.75) is 45.9 Å². The number of halogens is 1. The number of hydrogen-bond donors (Lipinski definition) is 1. The maximum atomic E-state index is 5.99. The molecule has 2 N–H and O–H groups in total. The smallest absolute Gasteiger partial charge is 0.120 e. The van der Waals surface area contributed by atoms with Crippen molar-refractivity contribution in [1.82, 2.24) is 4.90 Å². The van der Waals surface area contributed by atoms with Gasteiger partial charge in [0.2, 0.25) is 0 Å². The summed E-state index contributed by atoms with van der Waals surface area (Å²) in [6.07, 6.45) is 1.45. The summed E-state index contributed by atoms with van der Waals surface area (Å²) in [6, 6.07) is 8.73. The van der Waals surface area contributed by atoms with Crippen molar-refractivity contribution in [3.05, 3.63) is 29.8 Å². The molecule has 1 aromatic carbocycles. The quantitative estimate of drug-likeness (QED) is 0.908. The van der Waals surface area contributed by atoms with Crippen molar-refractivity contribution < 1.29 is 4.74 Å². The molecule has 1 saturated heterocycles. The van der Waals surface area contributed by atoms with Gasteiger partial charge in [-0.2, -0.15) is 0 Å². The van der Waals surface area contributed by atoms with Crippen LogP contribution in [0, 0.1) is 5.92 Å². The van der Waals surface area contributed by atoms with E-state index in [1.165, 1.54) is 12.0 Å². The first-order valence-electron chi connectivity index (χ1n) is 7.28. The Kier molecular flexibility index (Phi) is 6.80. The minimum atomic E-state index is 0. The molecule has 2 rings (SSSR count). The van der Waals surface area contributed by atoms with E-state index in [4.69, 9.17) is 10.5 Å². The molecule has 0 spiro atoms. The average molecular weight is 299 g/mol. The van der Waals surface area contributed by atoms with Gasteiger partial charge in [0.05, 0.1) is 6.10 Å². The molecule has 0 aliphatic carbocycles.